The number of carbonyl (C=O) groups is 3. The lowest BCUT2D eigenvalue weighted by molar-refractivity contribution is -0.327. The van der Waals surface area contributed by atoms with Gasteiger partial charge in [-0.15, -0.1) is 0 Å². The Balaban J connectivity index is 1.66. The number of methoxy groups -OCH3 is 1. The van der Waals surface area contributed by atoms with E-state index in [1.54, 1.807) is 26.0 Å². The van der Waals surface area contributed by atoms with Crippen molar-refractivity contribution >= 4 is 17.9 Å². The first-order chi connectivity index (χ1) is 23.8. The molecule has 3 N–H and O–H groups in total. The minimum atomic E-state index is -2.22. The van der Waals surface area contributed by atoms with Crippen molar-refractivity contribution in [3.8, 4) is 0 Å². The third-order valence-electron chi connectivity index (χ3n) is 10.6. The van der Waals surface area contributed by atoms with Gasteiger partial charge in [0.2, 0.25) is 5.79 Å². The highest BCUT2D eigenvalue weighted by atomic mass is 16.7. The molecule has 1 saturated carbocycles. The Morgan fingerprint density at radius 2 is 1.76 bits per heavy atom. The summed E-state index contributed by atoms with van der Waals surface area (Å²) >= 11 is 0. The first-order valence-electron chi connectivity index (χ1n) is 18.7. The number of ether oxygens (including phenoxy) is 6. The van der Waals surface area contributed by atoms with Crippen molar-refractivity contribution in [2.45, 2.75) is 160 Å². The van der Waals surface area contributed by atoms with Crippen molar-refractivity contribution in [2.24, 2.45) is 17.3 Å². The Labute approximate surface area is 296 Å². The number of rotatable bonds is 9. The average molecular weight is 709 g/mol. The summed E-state index contributed by atoms with van der Waals surface area (Å²) < 4.78 is 35.1. The molecule has 1 unspecified atom stereocenters. The van der Waals surface area contributed by atoms with Crippen molar-refractivity contribution < 1.29 is 58.1 Å². The molecule has 3 fully saturated rings. The van der Waals surface area contributed by atoms with E-state index < -0.39 is 66.4 Å². The summed E-state index contributed by atoms with van der Waals surface area (Å²) in [6.07, 6.45) is 9.49. The van der Waals surface area contributed by atoms with Crippen molar-refractivity contribution in [3.05, 3.63) is 23.8 Å². The van der Waals surface area contributed by atoms with Crippen LogP contribution in [0.5, 0.6) is 0 Å². The van der Waals surface area contributed by atoms with Crippen LogP contribution in [0.1, 0.15) is 117 Å². The number of cyclic esters (lactones) is 1. The highest BCUT2D eigenvalue weighted by Crippen LogP contribution is 2.47. The maximum Gasteiger partial charge on any atom is 0.330 e. The Bertz CT molecular complexity index is 1180. The molecule has 0 radical (unpaired) electrons. The van der Waals surface area contributed by atoms with Crippen LogP contribution in [0.2, 0.25) is 0 Å². The minimum Gasteiger partial charge on any atom is -0.466 e. The van der Waals surface area contributed by atoms with E-state index in [4.69, 9.17) is 28.4 Å². The standard InChI is InChI=1S/C38H60O12/c1-5-6-7-8-9-13-32(41)49-36-27(20-33(42)45-4)19-29-22-30(23-39)47-34(43)21-28(40)17-25-11-10-12-26(16-25)18-31-24-46-35(48-31)14-15-37(2,3)38(36,44)50-29/h14-15,20,25-26,28-31,35-36,39-40,44H,5-13,16-19,21-24H2,1-4H3/b15-14+,27-20+/t25-,26+,28-,29?,30-,31-,35+,36+,38-/m1/s1. The molecule has 3 heterocycles. The van der Waals surface area contributed by atoms with Gasteiger partial charge in [0.15, 0.2) is 12.4 Å². The monoisotopic (exact) mass is 708 g/mol. The fourth-order valence-electron chi connectivity index (χ4n) is 7.85. The molecule has 0 amide bonds. The Hall–Kier alpha value is -2.35. The summed E-state index contributed by atoms with van der Waals surface area (Å²) in [6, 6.07) is 0. The maximum absolute atomic E-state index is 13.2. The second kappa shape index (κ2) is 18.9. The number of carbonyl (C=O) groups excluding carboxylic acids is 3. The zero-order valence-electron chi connectivity index (χ0n) is 30.4. The predicted octanol–water partition coefficient (Wildman–Crippen LogP) is 4.80. The highest BCUT2D eigenvalue weighted by Gasteiger charge is 2.57. The van der Waals surface area contributed by atoms with Crippen LogP contribution in [0.3, 0.4) is 0 Å². The molecular formula is C38H60O12. The fourth-order valence-corrected chi connectivity index (χ4v) is 7.85. The molecule has 4 rings (SSSR count). The van der Waals surface area contributed by atoms with E-state index in [-0.39, 0.29) is 43.3 Å². The van der Waals surface area contributed by atoms with Gasteiger partial charge in [0.05, 0.1) is 45.1 Å². The first-order valence-corrected chi connectivity index (χ1v) is 18.7. The topological polar surface area (TPSA) is 167 Å². The molecule has 50 heavy (non-hydrogen) atoms. The molecule has 0 spiro atoms. The van der Waals surface area contributed by atoms with Crippen LogP contribution in [-0.2, 0) is 42.8 Å². The van der Waals surface area contributed by atoms with Gasteiger partial charge in [0.25, 0.3) is 0 Å². The number of aliphatic hydroxyl groups excluding tert-OH is 2. The molecule has 0 aromatic carbocycles. The minimum absolute atomic E-state index is 0.0156. The van der Waals surface area contributed by atoms with Gasteiger partial charge in [-0.1, -0.05) is 71.8 Å². The van der Waals surface area contributed by atoms with Gasteiger partial charge in [-0.05, 0) is 55.6 Å². The maximum atomic E-state index is 13.2. The van der Waals surface area contributed by atoms with Gasteiger partial charge < -0.3 is 43.7 Å². The van der Waals surface area contributed by atoms with Crippen LogP contribution in [0.15, 0.2) is 23.8 Å². The lowest BCUT2D eigenvalue weighted by Gasteiger charge is -2.51. The number of fused-ring (bicyclic) bond motifs is 6. The number of hydrogen-bond acceptors (Lipinski definition) is 12. The van der Waals surface area contributed by atoms with Crippen molar-refractivity contribution in [1.82, 2.24) is 0 Å². The number of aliphatic hydroxyl groups is 3. The smallest absolute Gasteiger partial charge is 0.330 e. The molecule has 9 atom stereocenters. The summed E-state index contributed by atoms with van der Waals surface area (Å²) in [5, 5.41) is 33.6. The lowest BCUT2D eigenvalue weighted by Crippen LogP contribution is -2.62. The second-order valence-corrected chi connectivity index (χ2v) is 15.2. The fraction of sp³-hybridized carbons (Fsp3) is 0.816. The lowest BCUT2D eigenvalue weighted by atomic mass is 9.74. The molecule has 4 aliphatic rings. The highest BCUT2D eigenvalue weighted by molar-refractivity contribution is 5.83. The van der Waals surface area contributed by atoms with Crippen LogP contribution in [0.4, 0.5) is 0 Å². The third-order valence-corrected chi connectivity index (χ3v) is 10.6. The van der Waals surface area contributed by atoms with E-state index in [9.17, 15) is 29.7 Å². The van der Waals surface area contributed by atoms with Crippen LogP contribution < -0.4 is 0 Å². The van der Waals surface area contributed by atoms with Gasteiger partial charge >= 0.3 is 17.9 Å². The molecule has 3 aliphatic heterocycles. The van der Waals surface area contributed by atoms with Gasteiger partial charge in [-0.2, -0.15) is 0 Å². The Kier molecular flexibility index (Phi) is 15.3. The molecule has 2 saturated heterocycles. The molecular weight excluding hydrogens is 648 g/mol. The second-order valence-electron chi connectivity index (χ2n) is 15.2. The molecule has 12 heteroatoms. The van der Waals surface area contributed by atoms with Gasteiger partial charge in [0, 0.05) is 24.3 Å². The zero-order valence-corrected chi connectivity index (χ0v) is 30.4. The van der Waals surface area contributed by atoms with E-state index >= 15 is 0 Å². The SMILES string of the molecule is CCCCCCCC(=O)O[C@H]1/C(=C/C(=O)OC)CC2C[C@H](CO)OC(=O)C[C@H](O)C[C@@H]3CCC[C@@H](C3)C[C@@H]3CO[C@H](/C=C/C(C)(C)[C@]1(O)O2)O3. The van der Waals surface area contributed by atoms with Crippen LogP contribution in [-0.4, -0.2) is 96.1 Å². The van der Waals surface area contributed by atoms with Gasteiger partial charge in [-0.25, -0.2) is 4.79 Å². The molecule has 284 valence electrons. The van der Waals surface area contributed by atoms with Crippen molar-refractivity contribution in [1.29, 1.82) is 0 Å². The van der Waals surface area contributed by atoms with E-state index in [1.165, 1.54) is 13.2 Å². The Morgan fingerprint density at radius 1 is 1.02 bits per heavy atom. The number of esters is 3. The van der Waals surface area contributed by atoms with E-state index in [0.29, 0.717) is 25.4 Å². The summed E-state index contributed by atoms with van der Waals surface area (Å²) in [7, 11) is 1.23. The zero-order chi connectivity index (χ0) is 36.3. The van der Waals surface area contributed by atoms with Crippen LogP contribution in [0.25, 0.3) is 0 Å². The quantitative estimate of drug-likeness (QED) is 0.0986. The van der Waals surface area contributed by atoms with E-state index in [2.05, 4.69) is 6.92 Å². The summed E-state index contributed by atoms with van der Waals surface area (Å²) in [6.45, 7) is 5.44. The molecule has 12 nitrogen and oxygen atoms in total. The van der Waals surface area contributed by atoms with Crippen molar-refractivity contribution in [2.75, 3.05) is 20.3 Å². The first kappa shape index (κ1) is 40.4. The molecule has 6 bridgehead atoms. The third kappa shape index (κ3) is 11.3. The van der Waals surface area contributed by atoms with E-state index in [0.717, 1.165) is 57.8 Å². The average Bonchev–Trinajstić information content (AvgIpc) is 3.51. The number of hydrogen-bond donors (Lipinski definition) is 3. The predicted molar refractivity (Wildman–Crippen MR) is 182 cm³/mol. The summed E-state index contributed by atoms with van der Waals surface area (Å²) in [4.78, 5) is 38.8. The number of unbranched alkanes of at least 4 members (excludes halogenated alkanes) is 4. The van der Waals surface area contributed by atoms with Gasteiger partial charge in [-0.3, -0.25) is 9.59 Å². The molecule has 0 aromatic rings. The van der Waals surface area contributed by atoms with Crippen LogP contribution >= 0.6 is 0 Å². The largest absolute Gasteiger partial charge is 0.466 e. The normalized spacial score (nSPS) is 36.6. The van der Waals surface area contributed by atoms with E-state index in [1.807, 2.05) is 0 Å². The molecule has 0 aromatic heterocycles. The molecule has 1 aliphatic carbocycles. The Morgan fingerprint density at radius 3 is 2.48 bits per heavy atom. The summed E-state index contributed by atoms with van der Waals surface area (Å²) in [5.74, 6) is -3.43. The summed E-state index contributed by atoms with van der Waals surface area (Å²) in [5.41, 5.74) is -0.998. The van der Waals surface area contributed by atoms with Crippen molar-refractivity contribution in [3.63, 3.8) is 0 Å². The van der Waals surface area contributed by atoms with Crippen LogP contribution in [0, 0.1) is 17.3 Å². The van der Waals surface area contributed by atoms with Gasteiger partial charge in [0.1, 0.15) is 6.10 Å².